The summed E-state index contributed by atoms with van der Waals surface area (Å²) in [5.41, 5.74) is 5.70. The molecule has 0 saturated heterocycles. The Labute approximate surface area is 104 Å². The second-order valence-corrected chi connectivity index (χ2v) is 4.04. The molecule has 0 aliphatic heterocycles. The van der Waals surface area contributed by atoms with E-state index in [9.17, 15) is 4.39 Å². The minimum Gasteiger partial charge on any atom is -0.409 e. The Morgan fingerprint density at radius 2 is 2.24 bits per heavy atom. The highest BCUT2D eigenvalue weighted by atomic mass is 35.5. The molecule has 0 aliphatic carbocycles. The average molecular weight is 260 g/mol. The summed E-state index contributed by atoms with van der Waals surface area (Å²) in [6.45, 7) is 0.607. The van der Waals surface area contributed by atoms with Gasteiger partial charge in [-0.2, -0.15) is 0 Å². The minimum absolute atomic E-state index is 0.207. The number of hydrogen-bond donors (Lipinski definition) is 3. The number of unbranched alkanes of at least 4 members (excludes halogenated alkanes) is 1. The first-order valence-electron chi connectivity index (χ1n) is 5.29. The van der Waals surface area contributed by atoms with Crippen molar-refractivity contribution in [3.05, 3.63) is 29.0 Å². The average Bonchev–Trinajstić information content (AvgIpc) is 2.32. The first-order valence-corrected chi connectivity index (χ1v) is 5.66. The number of nitrogens with zero attached hydrogens (tertiary/aromatic N) is 1. The third-order valence-corrected chi connectivity index (χ3v) is 2.47. The maximum atomic E-state index is 13.3. The molecular formula is C11H15ClFN3O. The van der Waals surface area contributed by atoms with Crippen molar-refractivity contribution in [3.8, 4) is 0 Å². The van der Waals surface area contributed by atoms with Gasteiger partial charge < -0.3 is 16.3 Å². The molecule has 0 unspecified atom stereocenters. The van der Waals surface area contributed by atoms with Gasteiger partial charge in [-0.15, -0.1) is 0 Å². The Morgan fingerprint density at radius 1 is 1.47 bits per heavy atom. The zero-order valence-electron chi connectivity index (χ0n) is 9.29. The molecule has 94 valence electrons. The molecule has 0 heterocycles. The Kier molecular flexibility index (Phi) is 5.56. The summed E-state index contributed by atoms with van der Waals surface area (Å²) in [5, 5.41) is 14.6. The predicted molar refractivity (Wildman–Crippen MR) is 67.2 cm³/mol. The first-order chi connectivity index (χ1) is 8.13. The fourth-order valence-corrected chi connectivity index (χ4v) is 1.51. The summed E-state index contributed by atoms with van der Waals surface area (Å²) in [5.74, 6) is -0.121. The van der Waals surface area contributed by atoms with Gasteiger partial charge in [-0.25, -0.2) is 4.39 Å². The molecule has 1 aromatic carbocycles. The number of anilines is 1. The number of nitrogens with one attached hydrogen (secondary N) is 1. The van der Waals surface area contributed by atoms with Crippen LogP contribution >= 0.6 is 11.6 Å². The number of hydrogen-bond acceptors (Lipinski definition) is 3. The molecule has 1 aromatic rings. The lowest BCUT2D eigenvalue weighted by Crippen LogP contribution is -2.12. The van der Waals surface area contributed by atoms with Crippen molar-refractivity contribution in [3.63, 3.8) is 0 Å². The summed E-state index contributed by atoms with van der Waals surface area (Å²) < 4.78 is 13.3. The van der Waals surface area contributed by atoms with E-state index in [1.165, 1.54) is 12.1 Å². The van der Waals surface area contributed by atoms with Crippen LogP contribution in [0, 0.1) is 5.82 Å². The van der Waals surface area contributed by atoms with E-state index in [4.69, 9.17) is 22.5 Å². The van der Waals surface area contributed by atoms with Gasteiger partial charge in [0.15, 0.2) is 0 Å². The van der Waals surface area contributed by atoms with E-state index in [2.05, 4.69) is 10.5 Å². The zero-order valence-corrected chi connectivity index (χ0v) is 10.0. The Morgan fingerprint density at radius 3 is 2.94 bits per heavy atom. The molecule has 4 N–H and O–H groups in total. The highest BCUT2D eigenvalue weighted by Gasteiger charge is 2.01. The molecule has 4 nitrogen and oxygen atoms in total. The van der Waals surface area contributed by atoms with Crippen LogP contribution in [0.15, 0.2) is 23.4 Å². The molecule has 6 heteroatoms. The first kappa shape index (κ1) is 13.6. The number of amidine groups is 1. The van der Waals surface area contributed by atoms with Crippen LogP contribution in [-0.4, -0.2) is 17.6 Å². The highest BCUT2D eigenvalue weighted by Crippen LogP contribution is 2.19. The molecule has 0 atom stereocenters. The lowest BCUT2D eigenvalue weighted by atomic mass is 10.2. The van der Waals surface area contributed by atoms with Crippen LogP contribution < -0.4 is 11.1 Å². The molecule has 0 radical (unpaired) electrons. The smallest absolute Gasteiger partial charge is 0.146 e. The highest BCUT2D eigenvalue weighted by molar-refractivity contribution is 6.30. The molecule has 0 amide bonds. The van der Waals surface area contributed by atoms with E-state index in [1.807, 2.05) is 0 Å². The molecule has 0 aliphatic rings. The molecule has 0 aromatic heterocycles. The van der Waals surface area contributed by atoms with E-state index in [0.717, 1.165) is 12.8 Å². The van der Waals surface area contributed by atoms with E-state index >= 15 is 0 Å². The largest absolute Gasteiger partial charge is 0.409 e. The van der Waals surface area contributed by atoms with Crippen molar-refractivity contribution in [2.24, 2.45) is 10.9 Å². The van der Waals surface area contributed by atoms with Crippen LogP contribution in [0.4, 0.5) is 10.1 Å². The number of halogens is 2. The number of rotatable bonds is 6. The number of benzene rings is 1. The van der Waals surface area contributed by atoms with Crippen LogP contribution in [0.1, 0.15) is 19.3 Å². The number of oxime groups is 1. The summed E-state index contributed by atoms with van der Waals surface area (Å²) in [6, 6.07) is 4.36. The van der Waals surface area contributed by atoms with Crippen LogP contribution in [-0.2, 0) is 0 Å². The summed E-state index contributed by atoms with van der Waals surface area (Å²) in [7, 11) is 0. The molecular weight excluding hydrogens is 245 g/mol. The van der Waals surface area contributed by atoms with E-state index < -0.39 is 0 Å². The van der Waals surface area contributed by atoms with Crippen molar-refractivity contribution in [2.75, 3.05) is 11.9 Å². The second kappa shape index (κ2) is 6.96. The summed E-state index contributed by atoms with van der Waals surface area (Å²) in [6.07, 6.45) is 2.09. The van der Waals surface area contributed by atoms with Crippen LogP contribution in [0.3, 0.4) is 0 Å². The third kappa shape index (κ3) is 4.91. The van der Waals surface area contributed by atoms with Gasteiger partial charge in [0, 0.05) is 18.0 Å². The van der Waals surface area contributed by atoms with Gasteiger partial charge >= 0.3 is 0 Å². The van der Waals surface area contributed by atoms with Gasteiger partial charge in [0.25, 0.3) is 0 Å². The second-order valence-electron chi connectivity index (χ2n) is 3.60. The van der Waals surface area contributed by atoms with E-state index in [0.29, 0.717) is 23.7 Å². The number of nitrogens with two attached hydrogens (primary N) is 1. The van der Waals surface area contributed by atoms with Crippen molar-refractivity contribution in [1.82, 2.24) is 0 Å². The Balaban J connectivity index is 2.29. The topological polar surface area (TPSA) is 70.6 Å². The molecule has 0 spiro atoms. The van der Waals surface area contributed by atoms with Crippen molar-refractivity contribution in [1.29, 1.82) is 0 Å². The van der Waals surface area contributed by atoms with Crippen LogP contribution in [0.5, 0.6) is 0 Å². The lowest BCUT2D eigenvalue weighted by molar-refractivity contribution is 0.316. The third-order valence-electron chi connectivity index (χ3n) is 2.23. The fourth-order valence-electron chi connectivity index (χ4n) is 1.34. The van der Waals surface area contributed by atoms with E-state index in [1.54, 1.807) is 6.07 Å². The van der Waals surface area contributed by atoms with Crippen molar-refractivity contribution in [2.45, 2.75) is 19.3 Å². The van der Waals surface area contributed by atoms with Crippen molar-refractivity contribution < 1.29 is 9.60 Å². The van der Waals surface area contributed by atoms with Gasteiger partial charge in [-0.3, -0.25) is 0 Å². The van der Waals surface area contributed by atoms with Gasteiger partial charge in [-0.05, 0) is 31.0 Å². The maximum absolute atomic E-state index is 13.3. The van der Waals surface area contributed by atoms with Crippen molar-refractivity contribution >= 4 is 23.1 Å². The predicted octanol–water partition coefficient (Wildman–Crippen LogP) is 2.81. The standard InChI is InChI=1S/C11H15ClFN3O/c12-8-4-5-9(13)10(7-8)15-6-2-1-3-11(14)16-17/h4-5,7,15,17H,1-3,6H2,(H2,14,16). The Hall–Kier alpha value is -1.49. The molecule has 1 rings (SSSR count). The molecule has 0 saturated carbocycles. The minimum atomic E-state index is -0.328. The zero-order chi connectivity index (χ0) is 12.7. The van der Waals surface area contributed by atoms with E-state index in [-0.39, 0.29) is 11.7 Å². The summed E-state index contributed by atoms with van der Waals surface area (Å²) in [4.78, 5) is 0. The lowest BCUT2D eigenvalue weighted by Gasteiger charge is -2.07. The van der Waals surface area contributed by atoms with Crippen LogP contribution in [0.2, 0.25) is 5.02 Å². The van der Waals surface area contributed by atoms with Gasteiger partial charge in [0.05, 0.1) is 5.69 Å². The normalized spacial score (nSPS) is 11.5. The molecule has 17 heavy (non-hydrogen) atoms. The van der Waals surface area contributed by atoms with Gasteiger partial charge in [0.1, 0.15) is 11.7 Å². The Bertz CT molecular complexity index is 398. The monoisotopic (exact) mass is 259 g/mol. The maximum Gasteiger partial charge on any atom is 0.146 e. The quantitative estimate of drug-likeness (QED) is 0.242. The van der Waals surface area contributed by atoms with Crippen LogP contribution in [0.25, 0.3) is 0 Å². The van der Waals surface area contributed by atoms with Gasteiger partial charge in [-0.1, -0.05) is 16.8 Å². The molecule has 0 fully saturated rings. The summed E-state index contributed by atoms with van der Waals surface area (Å²) >= 11 is 5.75. The SMILES string of the molecule is NC(CCCCNc1cc(Cl)ccc1F)=NO. The fraction of sp³-hybridized carbons (Fsp3) is 0.364. The molecule has 0 bridgehead atoms. The van der Waals surface area contributed by atoms with Gasteiger partial charge in [0.2, 0.25) is 0 Å².